The summed E-state index contributed by atoms with van der Waals surface area (Å²) in [5, 5.41) is 2.96. The molecule has 0 saturated heterocycles. The maximum Gasteiger partial charge on any atom is 0.344 e. The van der Waals surface area contributed by atoms with Crippen molar-refractivity contribution in [3.63, 3.8) is 0 Å². The number of esters is 1. The van der Waals surface area contributed by atoms with Crippen LogP contribution in [0.25, 0.3) is 0 Å². The maximum absolute atomic E-state index is 12.1. The predicted molar refractivity (Wildman–Crippen MR) is 104 cm³/mol. The van der Waals surface area contributed by atoms with E-state index < -0.39 is 24.6 Å². The van der Waals surface area contributed by atoms with E-state index >= 15 is 0 Å². The van der Waals surface area contributed by atoms with Crippen LogP contribution in [0.1, 0.15) is 24.2 Å². The highest BCUT2D eigenvalue weighted by molar-refractivity contribution is 6.33. The van der Waals surface area contributed by atoms with Crippen molar-refractivity contribution < 1.29 is 28.6 Å². The second kappa shape index (κ2) is 9.75. The molecule has 0 saturated carbocycles. The summed E-state index contributed by atoms with van der Waals surface area (Å²) in [6, 6.07) is 11.3. The van der Waals surface area contributed by atoms with Crippen LogP contribution in [0.2, 0.25) is 5.02 Å². The van der Waals surface area contributed by atoms with Gasteiger partial charge in [-0.3, -0.25) is 9.59 Å². The van der Waals surface area contributed by atoms with Gasteiger partial charge in [0.05, 0.1) is 17.8 Å². The Morgan fingerprint density at radius 1 is 1.11 bits per heavy atom. The highest BCUT2D eigenvalue weighted by Crippen LogP contribution is 2.28. The van der Waals surface area contributed by atoms with Gasteiger partial charge in [0.15, 0.2) is 30.0 Å². The molecule has 1 N–H and O–H groups in total. The fraction of sp³-hybridized carbons (Fsp3) is 0.250. The average molecular weight is 406 g/mol. The Kier molecular flexibility index (Phi) is 7.40. The van der Waals surface area contributed by atoms with E-state index in [1.165, 1.54) is 33.1 Å². The number of anilines is 1. The van der Waals surface area contributed by atoms with E-state index in [9.17, 15) is 14.4 Å². The third kappa shape index (κ3) is 5.72. The molecule has 0 heterocycles. The van der Waals surface area contributed by atoms with E-state index in [-0.39, 0.29) is 11.5 Å². The van der Waals surface area contributed by atoms with Gasteiger partial charge in [-0.25, -0.2) is 4.79 Å². The Bertz CT molecular complexity index is 883. The average Bonchev–Trinajstić information content (AvgIpc) is 2.67. The molecule has 0 bridgehead atoms. The van der Waals surface area contributed by atoms with Gasteiger partial charge in [-0.05, 0) is 44.2 Å². The highest BCUT2D eigenvalue weighted by Gasteiger charge is 2.19. The molecule has 1 atom stereocenters. The Labute approximate surface area is 167 Å². The molecular formula is C20H20ClNO6. The normalized spacial score (nSPS) is 11.3. The van der Waals surface area contributed by atoms with Crippen LogP contribution in [0.4, 0.5) is 5.69 Å². The monoisotopic (exact) mass is 405 g/mol. The molecule has 0 fully saturated rings. The number of nitrogens with one attached hydrogen (secondary N) is 1. The lowest BCUT2D eigenvalue weighted by molar-refractivity contribution is -0.155. The van der Waals surface area contributed by atoms with Gasteiger partial charge in [-0.1, -0.05) is 23.7 Å². The Morgan fingerprint density at radius 2 is 1.82 bits per heavy atom. The lowest BCUT2D eigenvalue weighted by Gasteiger charge is -2.15. The molecule has 0 unspecified atom stereocenters. The summed E-state index contributed by atoms with van der Waals surface area (Å²) in [5.74, 6) is -0.797. The van der Waals surface area contributed by atoms with Crippen molar-refractivity contribution in [1.82, 2.24) is 0 Å². The Morgan fingerprint density at radius 3 is 2.46 bits per heavy atom. The number of carbonyl (C=O) groups excluding carboxylic acids is 3. The number of methoxy groups -OCH3 is 1. The minimum atomic E-state index is -1.05. The largest absolute Gasteiger partial charge is 0.493 e. The first-order valence-corrected chi connectivity index (χ1v) is 8.76. The molecule has 2 rings (SSSR count). The van der Waals surface area contributed by atoms with Gasteiger partial charge in [-0.15, -0.1) is 0 Å². The summed E-state index contributed by atoms with van der Waals surface area (Å²) >= 11 is 5.98. The molecular weight excluding hydrogens is 386 g/mol. The molecule has 0 aliphatic rings. The van der Waals surface area contributed by atoms with Crippen molar-refractivity contribution in [2.24, 2.45) is 0 Å². The molecule has 0 aromatic heterocycles. The first-order chi connectivity index (χ1) is 13.3. The SMILES string of the molecule is COc1cc(C(C)=O)ccc1OCC(=O)O[C@@H](C)C(=O)Nc1ccccc1Cl. The lowest BCUT2D eigenvalue weighted by Crippen LogP contribution is -2.31. The van der Waals surface area contributed by atoms with E-state index in [1.807, 2.05) is 0 Å². The molecule has 7 nitrogen and oxygen atoms in total. The van der Waals surface area contributed by atoms with Crippen LogP contribution >= 0.6 is 11.6 Å². The molecule has 0 spiro atoms. The number of amides is 1. The number of para-hydroxylation sites is 1. The topological polar surface area (TPSA) is 90.9 Å². The summed E-state index contributed by atoms with van der Waals surface area (Å²) in [6.45, 7) is 2.44. The van der Waals surface area contributed by atoms with E-state index in [4.69, 9.17) is 25.8 Å². The molecule has 1 amide bonds. The number of benzene rings is 2. The van der Waals surface area contributed by atoms with Crippen LogP contribution in [0.15, 0.2) is 42.5 Å². The van der Waals surface area contributed by atoms with Crippen LogP contribution in [0, 0.1) is 0 Å². The maximum atomic E-state index is 12.1. The number of rotatable bonds is 8. The smallest absolute Gasteiger partial charge is 0.344 e. The van der Waals surface area contributed by atoms with Gasteiger partial charge in [0, 0.05) is 5.56 Å². The van der Waals surface area contributed by atoms with E-state index in [0.717, 1.165) is 0 Å². The minimum absolute atomic E-state index is 0.123. The Hall–Kier alpha value is -3.06. The summed E-state index contributed by atoms with van der Waals surface area (Å²) in [7, 11) is 1.42. The first-order valence-electron chi connectivity index (χ1n) is 8.38. The summed E-state index contributed by atoms with van der Waals surface area (Å²) in [6.07, 6.45) is -1.05. The van der Waals surface area contributed by atoms with Crippen molar-refractivity contribution in [2.45, 2.75) is 20.0 Å². The van der Waals surface area contributed by atoms with Crippen molar-refractivity contribution in [2.75, 3.05) is 19.0 Å². The molecule has 8 heteroatoms. The number of ether oxygens (including phenoxy) is 3. The second-order valence-electron chi connectivity index (χ2n) is 5.81. The first kappa shape index (κ1) is 21.2. The number of halogens is 1. The number of carbonyl (C=O) groups is 3. The fourth-order valence-corrected chi connectivity index (χ4v) is 2.41. The van der Waals surface area contributed by atoms with Crippen molar-refractivity contribution in [3.8, 4) is 11.5 Å². The van der Waals surface area contributed by atoms with Gasteiger partial charge in [0.2, 0.25) is 0 Å². The van der Waals surface area contributed by atoms with Gasteiger partial charge in [0.25, 0.3) is 5.91 Å². The van der Waals surface area contributed by atoms with Crippen LogP contribution in [0.5, 0.6) is 11.5 Å². The third-order valence-electron chi connectivity index (χ3n) is 3.72. The van der Waals surface area contributed by atoms with E-state index in [1.54, 1.807) is 30.3 Å². The van der Waals surface area contributed by atoms with Gasteiger partial charge >= 0.3 is 5.97 Å². The fourth-order valence-electron chi connectivity index (χ4n) is 2.22. The summed E-state index contributed by atoms with van der Waals surface area (Å²) < 4.78 is 15.6. The molecule has 0 aliphatic carbocycles. The second-order valence-corrected chi connectivity index (χ2v) is 6.22. The molecule has 0 radical (unpaired) electrons. The highest BCUT2D eigenvalue weighted by atomic mass is 35.5. The van der Waals surface area contributed by atoms with Crippen LogP contribution in [-0.4, -0.2) is 37.5 Å². The van der Waals surface area contributed by atoms with Crippen molar-refractivity contribution >= 4 is 34.9 Å². The standard InChI is InChI=1S/C20H20ClNO6/c1-12(23)14-8-9-17(18(10-14)26-3)27-11-19(24)28-13(2)20(25)22-16-7-5-4-6-15(16)21/h4-10,13H,11H2,1-3H3,(H,22,25)/t13-/m0/s1. The molecule has 2 aromatic rings. The number of hydrogen-bond acceptors (Lipinski definition) is 6. The molecule has 28 heavy (non-hydrogen) atoms. The zero-order valence-electron chi connectivity index (χ0n) is 15.7. The summed E-state index contributed by atoms with van der Waals surface area (Å²) in [5.41, 5.74) is 0.875. The number of hydrogen-bond donors (Lipinski definition) is 1. The van der Waals surface area contributed by atoms with E-state index in [2.05, 4.69) is 5.32 Å². The number of Topliss-reactive ketones (excluding diaryl/α,β-unsaturated/α-hetero) is 1. The van der Waals surface area contributed by atoms with Crippen LogP contribution in [0.3, 0.4) is 0 Å². The summed E-state index contributed by atoms with van der Waals surface area (Å²) in [4.78, 5) is 35.5. The van der Waals surface area contributed by atoms with Crippen LogP contribution in [-0.2, 0) is 14.3 Å². The van der Waals surface area contributed by atoms with E-state index in [0.29, 0.717) is 22.0 Å². The Balaban J connectivity index is 1.90. The van der Waals surface area contributed by atoms with Crippen molar-refractivity contribution in [3.05, 3.63) is 53.1 Å². The zero-order chi connectivity index (χ0) is 20.7. The quantitative estimate of drug-likeness (QED) is 0.534. The minimum Gasteiger partial charge on any atom is -0.493 e. The van der Waals surface area contributed by atoms with Gasteiger partial charge in [0.1, 0.15) is 0 Å². The van der Waals surface area contributed by atoms with Gasteiger partial charge < -0.3 is 19.5 Å². The third-order valence-corrected chi connectivity index (χ3v) is 4.05. The lowest BCUT2D eigenvalue weighted by atomic mass is 10.1. The number of ketones is 1. The van der Waals surface area contributed by atoms with Crippen LogP contribution < -0.4 is 14.8 Å². The zero-order valence-corrected chi connectivity index (χ0v) is 16.4. The molecule has 2 aromatic carbocycles. The predicted octanol–water partition coefficient (Wildman–Crippen LogP) is 3.50. The van der Waals surface area contributed by atoms with Crippen molar-refractivity contribution in [1.29, 1.82) is 0 Å². The van der Waals surface area contributed by atoms with Gasteiger partial charge in [-0.2, -0.15) is 0 Å². The molecule has 0 aliphatic heterocycles. The molecule has 148 valence electrons.